The molecule has 0 saturated carbocycles. The second kappa shape index (κ2) is 13.2. The highest BCUT2D eigenvalue weighted by Gasteiger charge is 2.15. The number of nitrogens with one attached hydrogen (secondary N) is 2. The van der Waals surface area contributed by atoms with Gasteiger partial charge in [-0.15, -0.1) is 24.0 Å². The molecule has 0 aromatic rings. The molecule has 5 nitrogen and oxygen atoms in total. The van der Waals surface area contributed by atoms with Gasteiger partial charge in [0.1, 0.15) is 0 Å². The van der Waals surface area contributed by atoms with E-state index in [0.717, 1.165) is 25.6 Å². The molecule has 6 heteroatoms. The zero-order valence-corrected chi connectivity index (χ0v) is 19.0. The Balaban J connectivity index is 0.00000529. The first-order valence-electron chi connectivity index (χ1n) is 9.36. The number of rotatable bonds is 9. The van der Waals surface area contributed by atoms with Gasteiger partial charge >= 0.3 is 0 Å². The Labute approximate surface area is 167 Å². The van der Waals surface area contributed by atoms with Gasteiger partial charge in [0.25, 0.3) is 0 Å². The largest absolute Gasteiger partial charge is 0.356 e. The van der Waals surface area contributed by atoms with Crippen molar-refractivity contribution < 1.29 is 0 Å². The SMILES string of the molecule is CN=C(NCCN(C(C)C)C(C)C)NCC(C)CN1CCCC1.I. The van der Waals surface area contributed by atoms with Gasteiger partial charge in [-0.3, -0.25) is 9.89 Å². The van der Waals surface area contributed by atoms with Crippen molar-refractivity contribution in [2.75, 3.05) is 46.3 Å². The van der Waals surface area contributed by atoms with Crippen molar-refractivity contribution in [2.24, 2.45) is 10.9 Å². The summed E-state index contributed by atoms with van der Waals surface area (Å²) < 4.78 is 0. The zero-order chi connectivity index (χ0) is 17.2. The zero-order valence-electron chi connectivity index (χ0n) is 16.6. The molecular weight excluding hydrogens is 413 g/mol. The van der Waals surface area contributed by atoms with E-state index in [1.54, 1.807) is 0 Å². The third-order valence-electron chi connectivity index (χ3n) is 4.60. The van der Waals surface area contributed by atoms with Gasteiger partial charge in [0.2, 0.25) is 0 Å². The molecule has 0 aromatic heterocycles. The molecule has 1 atom stereocenters. The Morgan fingerprint density at radius 3 is 2.12 bits per heavy atom. The fourth-order valence-electron chi connectivity index (χ4n) is 3.38. The van der Waals surface area contributed by atoms with Crippen LogP contribution in [0, 0.1) is 5.92 Å². The molecule has 0 amide bonds. The summed E-state index contributed by atoms with van der Waals surface area (Å²) in [6.07, 6.45) is 2.73. The van der Waals surface area contributed by atoms with Crippen LogP contribution in [0.25, 0.3) is 0 Å². The van der Waals surface area contributed by atoms with Crippen LogP contribution in [0.1, 0.15) is 47.5 Å². The molecule has 0 aromatic carbocycles. The molecule has 1 fully saturated rings. The topological polar surface area (TPSA) is 42.9 Å². The van der Waals surface area contributed by atoms with Crippen molar-refractivity contribution in [1.82, 2.24) is 20.4 Å². The van der Waals surface area contributed by atoms with E-state index in [9.17, 15) is 0 Å². The van der Waals surface area contributed by atoms with Gasteiger partial charge in [-0.05, 0) is 59.5 Å². The van der Waals surface area contributed by atoms with Crippen LogP contribution < -0.4 is 10.6 Å². The molecule has 0 bridgehead atoms. The number of aliphatic imine (C=N–C) groups is 1. The average Bonchev–Trinajstić information content (AvgIpc) is 2.98. The monoisotopic (exact) mass is 453 g/mol. The Bertz CT molecular complexity index is 332. The molecule has 1 heterocycles. The summed E-state index contributed by atoms with van der Waals surface area (Å²) in [4.78, 5) is 9.41. The van der Waals surface area contributed by atoms with E-state index in [-0.39, 0.29) is 24.0 Å². The molecule has 1 aliphatic heterocycles. The fourth-order valence-corrected chi connectivity index (χ4v) is 3.38. The van der Waals surface area contributed by atoms with E-state index in [2.05, 4.69) is 60.0 Å². The van der Waals surface area contributed by atoms with Crippen LogP contribution >= 0.6 is 24.0 Å². The quantitative estimate of drug-likeness (QED) is 0.320. The van der Waals surface area contributed by atoms with Crippen LogP contribution in [0.15, 0.2) is 4.99 Å². The van der Waals surface area contributed by atoms with Crippen molar-refractivity contribution in [3.05, 3.63) is 0 Å². The maximum absolute atomic E-state index is 4.34. The predicted molar refractivity (Wildman–Crippen MR) is 117 cm³/mol. The molecule has 1 unspecified atom stereocenters. The number of hydrogen-bond acceptors (Lipinski definition) is 3. The third kappa shape index (κ3) is 9.42. The summed E-state index contributed by atoms with van der Waals surface area (Å²) in [6.45, 7) is 18.0. The van der Waals surface area contributed by atoms with E-state index in [0.29, 0.717) is 18.0 Å². The highest BCUT2D eigenvalue weighted by Crippen LogP contribution is 2.09. The number of nitrogens with zero attached hydrogens (tertiary/aromatic N) is 3. The number of hydrogen-bond donors (Lipinski definition) is 2. The van der Waals surface area contributed by atoms with Crippen molar-refractivity contribution in [2.45, 2.75) is 59.5 Å². The molecule has 144 valence electrons. The van der Waals surface area contributed by atoms with E-state index in [4.69, 9.17) is 0 Å². The van der Waals surface area contributed by atoms with Gasteiger partial charge in [-0.2, -0.15) is 0 Å². The number of guanidine groups is 1. The molecular formula is C18H40IN5. The summed E-state index contributed by atoms with van der Waals surface area (Å²) in [5, 5.41) is 6.91. The van der Waals surface area contributed by atoms with E-state index in [1.165, 1.54) is 32.5 Å². The standard InChI is InChI=1S/C18H39N5.HI/c1-15(2)23(16(3)4)12-9-20-18(19-6)21-13-17(5)14-22-10-7-8-11-22;/h15-17H,7-14H2,1-6H3,(H2,19,20,21);1H. The highest BCUT2D eigenvalue weighted by atomic mass is 127. The first-order valence-corrected chi connectivity index (χ1v) is 9.36. The van der Waals surface area contributed by atoms with Crippen LogP contribution in [-0.2, 0) is 0 Å². The highest BCUT2D eigenvalue weighted by molar-refractivity contribution is 14.0. The molecule has 0 radical (unpaired) electrons. The minimum Gasteiger partial charge on any atom is -0.356 e. The van der Waals surface area contributed by atoms with Gasteiger partial charge in [-0.25, -0.2) is 0 Å². The molecule has 2 N–H and O–H groups in total. The van der Waals surface area contributed by atoms with Crippen LogP contribution in [0.3, 0.4) is 0 Å². The molecule has 1 aliphatic rings. The molecule has 0 spiro atoms. The van der Waals surface area contributed by atoms with Gasteiger partial charge in [0.15, 0.2) is 5.96 Å². The van der Waals surface area contributed by atoms with Gasteiger partial charge in [-0.1, -0.05) is 6.92 Å². The Morgan fingerprint density at radius 2 is 1.62 bits per heavy atom. The minimum absolute atomic E-state index is 0. The second-order valence-corrected chi connectivity index (χ2v) is 7.42. The molecule has 24 heavy (non-hydrogen) atoms. The van der Waals surface area contributed by atoms with Crippen molar-refractivity contribution >= 4 is 29.9 Å². The molecule has 1 rings (SSSR count). The summed E-state index contributed by atoms with van der Waals surface area (Å²) in [5.74, 6) is 1.57. The van der Waals surface area contributed by atoms with Gasteiger partial charge in [0, 0.05) is 45.3 Å². The Hall–Kier alpha value is -0.0800. The summed E-state index contributed by atoms with van der Waals surface area (Å²) in [7, 11) is 1.85. The van der Waals surface area contributed by atoms with Crippen LogP contribution in [0.5, 0.6) is 0 Å². The number of halogens is 1. The maximum Gasteiger partial charge on any atom is 0.191 e. The molecule has 1 saturated heterocycles. The normalized spacial score (nSPS) is 17.5. The smallest absolute Gasteiger partial charge is 0.191 e. The fraction of sp³-hybridized carbons (Fsp3) is 0.944. The van der Waals surface area contributed by atoms with E-state index < -0.39 is 0 Å². The van der Waals surface area contributed by atoms with Crippen LogP contribution in [-0.4, -0.2) is 74.2 Å². The van der Waals surface area contributed by atoms with Gasteiger partial charge in [0.05, 0.1) is 0 Å². The summed E-state index contributed by atoms with van der Waals surface area (Å²) in [6, 6.07) is 1.15. The maximum atomic E-state index is 4.34. The summed E-state index contributed by atoms with van der Waals surface area (Å²) >= 11 is 0. The third-order valence-corrected chi connectivity index (χ3v) is 4.60. The first kappa shape index (κ1) is 23.9. The lowest BCUT2D eigenvalue weighted by Gasteiger charge is -2.30. The Morgan fingerprint density at radius 1 is 1.04 bits per heavy atom. The minimum atomic E-state index is 0. The first-order chi connectivity index (χ1) is 10.9. The van der Waals surface area contributed by atoms with E-state index >= 15 is 0 Å². The lowest BCUT2D eigenvalue weighted by atomic mass is 10.1. The number of likely N-dealkylation sites (tertiary alicyclic amines) is 1. The Kier molecular flexibility index (Phi) is 13.1. The van der Waals surface area contributed by atoms with Crippen molar-refractivity contribution in [3.63, 3.8) is 0 Å². The lowest BCUT2D eigenvalue weighted by molar-refractivity contribution is 0.178. The molecule has 0 aliphatic carbocycles. The van der Waals surface area contributed by atoms with Crippen molar-refractivity contribution in [1.29, 1.82) is 0 Å². The summed E-state index contributed by atoms with van der Waals surface area (Å²) in [5.41, 5.74) is 0. The predicted octanol–water partition coefficient (Wildman–Crippen LogP) is 2.62. The lowest BCUT2D eigenvalue weighted by Crippen LogP contribution is -2.46. The van der Waals surface area contributed by atoms with Crippen LogP contribution in [0.4, 0.5) is 0 Å². The average molecular weight is 453 g/mol. The van der Waals surface area contributed by atoms with E-state index in [1.807, 2.05) is 7.05 Å². The van der Waals surface area contributed by atoms with Crippen molar-refractivity contribution in [3.8, 4) is 0 Å². The van der Waals surface area contributed by atoms with Gasteiger partial charge < -0.3 is 15.5 Å². The van der Waals surface area contributed by atoms with Crippen LogP contribution in [0.2, 0.25) is 0 Å². The second-order valence-electron chi connectivity index (χ2n) is 7.42.